The first-order chi connectivity index (χ1) is 6.70. The fourth-order valence-corrected chi connectivity index (χ4v) is 1.26. The van der Waals surface area contributed by atoms with E-state index in [2.05, 4.69) is 22.4 Å². The molecule has 0 spiro atoms. The van der Waals surface area contributed by atoms with E-state index in [4.69, 9.17) is 5.21 Å². The third kappa shape index (κ3) is 2.10. The van der Waals surface area contributed by atoms with E-state index in [1.54, 1.807) is 6.92 Å². The van der Waals surface area contributed by atoms with Crippen LogP contribution in [0.25, 0.3) is 0 Å². The molecule has 1 N–H and O–H groups in total. The molecule has 0 aliphatic carbocycles. The van der Waals surface area contributed by atoms with Gasteiger partial charge in [0.2, 0.25) is 0 Å². The Hall–Kier alpha value is -1.39. The van der Waals surface area contributed by atoms with Crippen LogP contribution in [0.3, 0.4) is 0 Å². The van der Waals surface area contributed by atoms with E-state index >= 15 is 0 Å². The summed E-state index contributed by atoms with van der Waals surface area (Å²) in [5.74, 6) is 0. The van der Waals surface area contributed by atoms with Crippen LogP contribution in [0.5, 0.6) is 0 Å². The van der Waals surface area contributed by atoms with E-state index in [0.29, 0.717) is 11.4 Å². The van der Waals surface area contributed by atoms with E-state index in [1.165, 1.54) is 0 Å². The number of hydrogen-bond acceptors (Lipinski definition) is 4. The van der Waals surface area contributed by atoms with Gasteiger partial charge in [0.05, 0.1) is 5.69 Å². The quantitative estimate of drug-likeness (QED) is 0.452. The number of aromatic nitrogens is 3. The molecule has 0 saturated heterocycles. The number of hydrogen-bond donors (Lipinski definition) is 1. The Kier molecular flexibility index (Phi) is 3.62. The molecule has 1 heterocycles. The zero-order valence-corrected chi connectivity index (χ0v) is 8.86. The van der Waals surface area contributed by atoms with Crippen molar-refractivity contribution in [2.45, 2.75) is 40.2 Å². The van der Waals surface area contributed by atoms with Crippen LogP contribution in [0.4, 0.5) is 0 Å². The summed E-state index contributed by atoms with van der Waals surface area (Å²) in [6, 6.07) is 0. The first kappa shape index (κ1) is 10.7. The van der Waals surface area contributed by atoms with Crippen molar-refractivity contribution in [3.63, 3.8) is 0 Å². The number of unbranched alkanes of at least 4 members (excludes halogenated alkanes) is 1. The second-order valence-electron chi connectivity index (χ2n) is 3.29. The molecule has 0 aliphatic heterocycles. The predicted molar refractivity (Wildman–Crippen MR) is 53.7 cm³/mol. The Labute approximate surface area is 83.4 Å². The van der Waals surface area contributed by atoms with Crippen molar-refractivity contribution in [2.75, 3.05) is 0 Å². The lowest BCUT2D eigenvalue weighted by atomic mass is 10.2. The molecule has 1 aromatic rings. The average molecular weight is 196 g/mol. The highest BCUT2D eigenvalue weighted by Gasteiger charge is 2.10. The molecule has 0 bridgehead atoms. The number of aryl methyl sites for hydroxylation is 1. The lowest BCUT2D eigenvalue weighted by molar-refractivity contribution is 0.319. The summed E-state index contributed by atoms with van der Waals surface area (Å²) in [5, 5.41) is 19.7. The van der Waals surface area contributed by atoms with Crippen molar-refractivity contribution in [1.82, 2.24) is 15.0 Å². The van der Waals surface area contributed by atoms with Crippen LogP contribution in [0.1, 0.15) is 38.1 Å². The second kappa shape index (κ2) is 4.74. The molecule has 0 atom stereocenters. The molecule has 1 aromatic heterocycles. The topological polar surface area (TPSA) is 63.3 Å². The van der Waals surface area contributed by atoms with Crippen LogP contribution in [0, 0.1) is 6.92 Å². The summed E-state index contributed by atoms with van der Waals surface area (Å²) in [5.41, 5.74) is 2.13. The standard InChI is InChI=1S/C9H16N4O/c1-4-5-6-13-8(3)9(10-12-13)7(2)11-14/h14H,4-6H2,1-3H3. The molecule has 0 saturated carbocycles. The maximum Gasteiger partial charge on any atom is 0.133 e. The molecule has 0 unspecified atom stereocenters. The van der Waals surface area contributed by atoms with Gasteiger partial charge in [-0.05, 0) is 20.3 Å². The molecule has 14 heavy (non-hydrogen) atoms. The Balaban J connectivity index is 2.85. The molecule has 0 fully saturated rings. The summed E-state index contributed by atoms with van der Waals surface area (Å²) in [6.07, 6.45) is 2.21. The zero-order valence-electron chi connectivity index (χ0n) is 8.86. The van der Waals surface area contributed by atoms with Crippen molar-refractivity contribution >= 4 is 5.71 Å². The third-order valence-corrected chi connectivity index (χ3v) is 2.20. The SMILES string of the molecule is CCCCn1nnc(C(C)=NO)c1C. The van der Waals surface area contributed by atoms with Crippen LogP contribution < -0.4 is 0 Å². The van der Waals surface area contributed by atoms with Crippen LogP contribution in [-0.2, 0) is 6.54 Å². The largest absolute Gasteiger partial charge is 0.411 e. The van der Waals surface area contributed by atoms with E-state index < -0.39 is 0 Å². The molecular formula is C9H16N4O. The molecule has 0 aliphatic rings. The Morgan fingerprint density at radius 3 is 2.86 bits per heavy atom. The third-order valence-electron chi connectivity index (χ3n) is 2.20. The average Bonchev–Trinajstić information content (AvgIpc) is 2.56. The van der Waals surface area contributed by atoms with E-state index in [9.17, 15) is 0 Å². The van der Waals surface area contributed by atoms with Gasteiger partial charge >= 0.3 is 0 Å². The molecule has 0 radical (unpaired) electrons. The van der Waals surface area contributed by atoms with Crippen LogP contribution in [0.2, 0.25) is 0 Å². The predicted octanol–water partition coefficient (Wildman–Crippen LogP) is 1.58. The summed E-state index contributed by atoms with van der Waals surface area (Å²) < 4.78 is 1.84. The Morgan fingerprint density at radius 2 is 2.29 bits per heavy atom. The first-order valence-corrected chi connectivity index (χ1v) is 4.79. The molecular weight excluding hydrogens is 180 g/mol. The van der Waals surface area contributed by atoms with Crippen molar-refractivity contribution < 1.29 is 5.21 Å². The van der Waals surface area contributed by atoms with Crippen LogP contribution in [0.15, 0.2) is 5.16 Å². The first-order valence-electron chi connectivity index (χ1n) is 4.79. The van der Waals surface area contributed by atoms with Crippen LogP contribution >= 0.6 is 0 Å². The van der Waals surface area contributed by atoms with Crippen molar-refractivity contribution in [1.29, 1.82) is 0 Å². The van der Waals surface area contributed by atoms with Gasteiger partial charge in [-0.1, -0.05) is 23.7 Å². The highest BCUT2D eigenvalue weighted by molar-refractivity contribution is 5.97. The lowest BCUT2D eigenvalue weighted by Gasteiger charge is -2.01. The van der Waals surface area contributed by atoms with Crippen LogP contribution in [-0.4, -0.2) is 25.9 Å². The smallest absolute Gasteiger partial charge is 0.133 e. The van der Waals surface area contributed by atoms with E-state index in [-0.39, 0.29) is 0 Å². The highest BCUT2D eigenvalue weighted by atomic mass is 16.4. The molecule has 5 nitrogen and oxygen atoms in total. The van der Waals surface area contributed by atoms with Crippen molar-refractivity contribution in [2.24, 2.45) is 5.16 Å². The van der Waals surface area contributed by atoms with Crippen molar-refractivity contribution in [3.8, 4) is 0 Å². The maximum absolute atomic E-state index is 8.61. The van der Waals surface area contributed by atoms with Gasteiger partial charge in [0.25, 0.3) is 0 Å². The number of oxime groups is 1. The number of rotatable bonds is 4. The highest BCUT2D eigenvalue weighted by Crippen LogP contribution is 2.06. The minimum Gasteiger partial charge on any atom is -0.411 e. The van der Waals surface area contributed by atoms with Gasteiger partial charge in [-0.3, -0.25) is 0 Å². The second-order valence-corrected chi connectivity index (χ2v) is 3.29. The van der Waals surface area contributed by atoms with Crippen molar-refractivity contribution in [3.05, 3.63) is 11.4 Å². The molecule has 78 valence electrons. The van der Waals surface area contributed by atoms with Gasteiger partial charge < -0.3 is 5.21 Å². The summed E-state index contributed by atoms with van der Waals surface area (Å²) in [4.78, 5) is 0. The molecule has 1 rings (SSSR count). The van der Waals surface area contributed by atoms with Gasteiger partial charge in [0.15, 0.2) is 0 Å². The summed E-state index contributed by atoms with van der Waals surface area (Å²) in [7, 11) is 0. The van der Waals surface area contributed by atoms with Gasteiger partial charge in [0.1, 0.15) is 11.4 Å². The normalized spacial score (nSPS) is 12.1. The Morgan fingerprint density at radius 1 is 1.57 bits per heavy atom. The fraction of sp³-hybridized carbons (Fsp3) is 0.667. The maximum atomic E-state index is 8.61. The van der Waals surface area contributed by atoms with Gasteiger partial charge in [-0.2, -0.15) is 0 Å². The van der Waals surface area contributed by atoms with Gasteiger partial charge in [-0.25, -0.2) is 4.68 Å². The van der Waals surface area contributed by atoms with E-state index in [1.807, 2.05) is 11.6 Å². The number of nitrogens with zero attached hydrogens (tertiary/aromatic N) is 4. The minimum absolute atomic E-state index is 0.505. The molecule has 5 heteroatoms. The lowest BCUT2D eigenvalue weighted by Crippen LogP contribution is -2.04. The summed E-state index contributed by atoms with van der Waals surface area (Å²) in [6.45, 7) is 6.64. The Bertz CT molecular complexity index is 330. The van der Waals surface area contributed by atoms with Gasteiger partial charge in [0, 0.05) is 6.54 Å². The molecule has 0 amide bonds. The summed E-state index contributed by atoms with van der Waals surface area (Å²) >= 11 is 0. The van der Waals surface area contributed by atoms with E-state index in [0.717, 1.165) is 25.1 Å². The van der Waals surface area contributed by atoms with Gasteiger partial charge in [-0.15, -0.1) is 5.10 Å². The minimum atomic E-state index is 0.505. The fourth-order valence-electron chi connectivity index (χ4n) is 1.26. The monoisotopic (exact) mass is 196 g/mol. The zero-order chi connectivity index (χ0) is 10.6. The molecule has 0 aromatic carbocycles.